The lowest BCUT2D eigenvalue weighted by atomic mass is 9.85. The molecule has 100 valence electrons. The third-order valence-corrected chi connectivity index (χ3v) is 4.00. The first-order valence-corrected chi connectivity index (χ1v) is 7.25. The highest BCUT2D eigenvalue weighted by Gasteiger charge is 2.17. The molecule has 1 heterocycles. The van der Waals surface area contributed by atoms with E-state index >= 15 is 0 Å². The van der Waals surface area contributed by atoms with E-state index < -0.39 is 0 Å². The van der Waals surface area contributed by atoms with Crippen LogP contribution in [0.5, 0.6) is 0 Å². The molecule has 1 atom stereocenters. The van der Waals surface area contributed by atoms with E-state index in [4.69, 9.17) is 0 Å². The van der Waals surface area contributed by atoms with Gasteiger partial charge in [-0.1, -0.05) is 44.2 Å². The molecule has 1 fully saturated rings. The zero-order chi connectivity index (χ0) is 12.8. The molecule has 2 nitrogen and oxygen atoms in total. The van der Waals surface area contributed by atoms with Gasteiger partial charge >= 0.3 is 0 Å². The molecule has 0 bridgehead atoms. The number of nitrogens with one attached hydrogen (secondary N) is 1. The topological polar surface area (TPSA) is 15.3 Å². The van der Waals surface area contributed by atoms with E-state index in [0.717, 1.165) is 19.0 Å². The molecule has 1 aliphatic heterocycles. The summed E-state index contributed by atoms with van der Waals surface area (Å²) in [6.45, 7) is 10.6. The molecule has 0 amide bonds. The summed E-state index contributed by atoms with van der Waals surface area (Å²) in [4.78, 5) is 2.59. The highest BCUT2D eigenvalue weighted by molar-refractivity contribution is 5.20. The van der Waals surface area contributed by atoms with Gasteiger partial charge in [-0.25, -0.2) is 0 Å². The van der Waals surface area contributed by atoms with Crippen LogP contribution in [0.2, 0.25) is 0 Å². The van der Waals surface area contributed by atoms with Crippen molar-refractivity contribution in [1.29, 1.82) is 0 Å². The lowest BCUT2D eigenvalue weighted by molar-refractivity contribution is 0.226. The summed E-state index contributed by atoms with van der Waals surface area (Å²) < 4.78 is 0. The number of benzene rings is 1. The van der Waals surface area contributed by atoms with Crippen LogP contribution in [0.1, 0.15) is 31.7 Å². The molecular formula is C16H26N2. The Morgan fingerprint density at radius 2 is 1.78 bits per heavy atom. The van der Waals surface area contributed by atoms with E-state index in [0.29, 0.717) is 5.92 Å². The Kier molecular flexibility index (Phi) is 5.21. The van der Waals surface area contributed by atoms with Gasteiger partial charge in [0.15, 0.2) is 0 Å². The molecule has 2 heteroatoms. The van der Waals surface area contributed by atoms with Gasteiger partial charge in [-0.3, -0.25) is 0 Å². The zero-order valence-electron chi connectivity index (χ0n) is 11.7. The SMILES string of the molecule is CC(C)C(CCN1CCNCC1)c1ccccc1. The van der Waals surface area contributed by atoms with Crippen LogP contribution in [0.25, 0.3) is 0 Å². The molecule has 2 rings (SSSR count). The monoisotopic (exact) mass is 246 g/mol. The van der Waals surface area contributed by atoms with E-state index in [-0.39, 0.29) is 0 Å². The first-order chi connectivity index (χ1) is 8.77. The Balaban J connectivity index is 1.90. The van der Waals surface area contributed by atoms with Gasteiger partial charge < -0.3 is 10.2 Å². The van der Waals surface area contributed by atoms with Gasteiger partial charge in [-0.05, 0) is 30.4 Å². The summed E-state index contributed by atoms with van der Waals surface area (Å²) in [6, 6.07) is 11.0. The van der Waals surface area contributed by atoms with Crippen molar-refractivity contribution in [2.24, 2.45) is 5.92 Å². The van der Waals surface area contributed by atoms with Gasteiger partial charge in [0.2, 0.25) is 0 Å². The van der Waals surface area contributed by atoms with Crippen LogP contribution in [0, 0.1) is 5.92 Å². The first kappa shape index (κ1) is 13.6. The van der Waals surface area contributed by atoms with Crippen molar-refractivity contribution < 1.29 is 0 Å². The number of piperazine rings is 1. The van der Waals surface area contributed by atoms with Gasteiger partial charge in [0.1, 0.15) is 0 Å². The lowest BCUT2D eigenvalue weighted by Gasteiger charge is -2.30. The number of hydrogen-bond donors (Lipinski definition) is 1. The highest BCUT2D eigenvalue weighted by atomic mass is 15.2. The molecule has 0 spiro atoms. The van der Waals surface area contributed by atoms with Crippen molar-refractivity contribution in [3.63, 3.8) is 0 Å². The van der Waals surface area contributed by atoms with Crippen LogP contribution in [0.15, 0.2) is 30.3 Å². The van der Waals surface area contributed by atoms with Gasteiger partial charge in [0, 0.05) is 26.2 Å². The standard InChI is InChI=1S/C16H26N2/c1-14(2)16(15-6-4-3-5-7-15)8-11-18-12-9-17-10-13-18/h3-7,14,16-17H,8-13H2,1-2H3. The predicted molar refractivity (Wildman–Crippen MR) is 77.9 cm³/mol. The van der Waals surface area contributed by atoms with E-state index in [9.17, 15) is 0 Å². The van der Waals surface area contributed by atoms with E-state index in [1.807, 2.05) is 0 Å². The van der Waals surface area contributed by atoms with Crippen LogP contribution in [-0.4, -0.2) is 37.6 Å². The van der Waals surface area contributed by atoms with Crippen molar-refractivity contribution in [3.05, 3.63) is 35.9 Å². The van der Waals surface area contributed by atoms with Crippen molar-refractivity contribution >= 4 is 0 Å². The molecule has 1 unspecified atom stereocenters. The summed E-state index contributed by atoms with van der Waals surface area (Å²) >= 11 is 0. The molecule has 1 aromatic carbocycles. The Morgan fingerprint density at radius 3 is 2.39 bits per heavy atom. The summed E-state index contributed by atoms with van der Waals surface area (Å²) in [5.74, 6) is 1.41. The van der Waals surface area contributed by atoms with Gasteiger partial charge in [0.25, 0.3) is 0 Å². The predicted octanol–water partition coefficient (Wildman–Crippen LogP) is 2.72. The average Bonchev–Trinajstić information content (AvgIpc) is 2.41. The maximum Gasteiger partial charge on any atom is 0.0107 e. The maximum atomic E-state index is 3.42. The van der Waals surface area contributed by atoms with E-state index in [1.54, 1.807) is 0 Å². The fourth-order valence-electron chi connectivity index (χ4n) is 2.84. The summed E-state index contributed by atoms with van der Waals surface area (Å²) in [5, 5.41) is 3.42. The van der Waals surface area contributed by atoms with E-state index in [2.05, 4.69) is 54.4 Å². The summed E-state index contributed by atoms with van der Waals surface area (Å²) in [5.41, 5.74) is 1.50. The minimum atomic E-state index is 0.695. The molecule has 1 aromatic rings. The smallest absolute Gasteiger partial charge is 0.0107 e. The number of nitrogens with zero attached hydrogens (tertiary/aromatic N) is 1. The Hall–Kier alpha value is -0.860. The molecule has 1 aliphatic rings. The summed E-state index contributed by atoms with van der Waals surface area (Å²) in [7, 11) is 0. The molecule has 0 radical (unpaired) electrons. The van der Waals surface area contributed by atoms with Crippen LogP contribution >= 0.6 is 0 Å². The van der Waals surface area contributed by atoms with E-state index in [1.165, 1.54) is 31.6 Å². The van der Waals surface area contributed by atoms with Gasteiger partial charge in [0.05, 0.1) is 0 Å². The normalized spacial score (nSPS) is 19.1. The Morgan fingerprint density at radius 1 is 1.11 bits per heavy atom. The van der Waals surface area contributed by atoms with Crippen molar-refractivity contribution in [1.82, 2.24) is 10.2 Å². The molecule has 0 saturated carbocycles. The average molecular weight is 246 g/mol. The highest BCUT2D eigenvalue weighted by Crippen LogP contribution is 2.27. The van der Waals surface area contributed by atoms with Crippen molar-refractivity contribution in [2.75, 3.05) is 32.7 Å². The lowest BCUT2D eigenvalue weighted by Crippen LogP contribution is -2.44. The van der Waals surface area contributed by atoms with Gasteiger partial charge in [-0.2, -0.15) is 0 Å². The quantitative estimate of drug-likeness (QED) is 0.859. The largest absolute Gasteiger partial charge is 0.314 e. The molecule has 1 N–H and O–H groups in total. The number of rotatable bonds is 5. The molecule has 0 aromatic heterocycles. The third-order valence-electron chi connectivity index (χ3n) is 4.00. The second kappa shape index (κ2) is 6.91. The van der Waals surface area contributed by atoms with Crippen LogP contribution in [0.3, 0.4) is 0 Å². The first-order valence-electron chi connectivity index (χ1n) is 7.25. The second-order valence-electron chi connectivity index (χ2n) is 5.64. The van der Waals surface area contributed by atoms with Crippen LogP contribution in [0.4, 0.5) is 0 Å². The van der Waals surface area contributed by atoms with Crippen molar-refractivity contribution in [2.45, 2.75) is 26.2 Å². The maximum absolute atomic E-state index is 3.42. The minimum absolute atomic E-state index is 0.695. The van der Waals surface area contributed by atoms with Crippen LogP contribution in [-0.2, 0) is 0 Å². The zero-order valence-corrected chi connectivity index (χ0v) is 11.7. The molecule has 18 heavy (non-hydrogen) atoms. The third kappa shape index (κ3) is 3.82. The molecular weight excluding hydrogens is 220 g/mol. The van der Waals surface area contributed by atoms with Gasteiger partial charge in [-0.15, -0.1) is 0 Å². The Bertz CT molecular complexity index is 328. The van der Waals surface area contributed by atoms with Crippen molar-refractivity contribution in [3.8, 4) is 0 Å². The second-order valence-corrected chi connectivity index (χ2v) is 5.64. The molecule has 0 aliphatic carbocycles. The number of hydrogen-bond acceptors (Lipinski definition) is 2. The molecule has 1 saturated heterocycles. The minimum Gasteiger partial charge on any atom is -0.314 e. The summed E-state index contributed by atoms with van der Waals surface area (Å²) in [6.07, 6.45) is 1.28. The van der Waals surface area contributed by atoms with Crippen LogP contribution < -0.4 is 5.32 Å². The fraction of sp³-hybridized carbons (Fsp3) is 0.625. The fourth-order valence-corrected chi connectivity index (χ4v) is 2.84. The Labute approximate surface area is 111 Å².